The third kappa shape index (κ3) is 4.59. The highest BCUT2D eigenvalue weighted by Gasteiger charge is 2.23. The molecule has 1 atom stereocenters. The van der Waals surface area contributed by atoms with Crippen molar-refractivity contribution < 1.29 is 14.0 Å². The lowest BCUT2D eigenvalue weighted by Crippen LogP contribution is -2.34. The molecule has 8 heteroatoms. The van der Waals surface area contributed by atoms with E-state index < -0.39 is 11.9 Å². The zero-order chi connectivity index (χ0) is 19.2. The number of halogens is 1. The zero-order valence-electron chi connectivity index (χ0n) is 14.7. The van der Waals surface area contributed by atoms with E-state index in [1.165, 1.54) is 17.4 Å². The molecule has 140 valence electrons. The summed E-state index contributed by atoms with van der Waals surface area (Å²) in [5.41, 5.74) is 0.903. The van der Waals surface area contributed by atoms with E-state index >= 15 is 0 Å². The van der Waals surface area contributed by atoms with Gasteiger partial charge in [-0.1, -0.05) is 18.2 Å². The third-order valence-electron chi connectivity index (χ3n) is 4.06. The van der Waals surface area contributed by atoms with Crippen LogP contribution in [0.5, 0.6) is 0 Å². The lowest BCUT2D eigenvalue weighted by atomic mass is 10.1. The van der Waals surface area contributed by atoms with E-state index in [2.05, 4.69) is 15.6 Å². The molecule has 0 saturated carbocycles. The molecule has 2 aromatic heterocycles. The number of carbonyl (C=O) groups is 2. The average Bonchev–Trinajstić information content (AvgIpc) is 3.32. The van der Waals surface area contributed by atoms with Crippen molar-refractivity contribution in [3.63, 3.8) is 0 Å². The average molecular weight is 386 g/mol. The quantitative estimate of drug-likeness (QED) is 0.655. The molecule has 0 aliphatic carbocycles. The number of aromatic nitrogens is 2. The highest BCUT2D eigenvalue weighted by Crippen LogP contribution is 2.23. The number of hydrogen-bond donors (Lipinski definition) is 2. The molecule has 3 rings (SSSR count). The number of benzene rings is 1. The van der Waals surface area contributed by atoms with Crippen molar-refractivity contribution in [3.05, 3.63) is 76.3 Å². The molecule has 0 aliphatic heterocycles. The van der Waals surface area contributed by atoms with Crippen molar-refractivity contribution in [1.82, 2.24) is 20.2 Å². The maximum absolute atomic E-state index is 14.3. The monoisotopic (exact) mass is 386 g/mol. The van der Waals surface area contributed by atoms with E-state index in [1.54, 1.807) is 53.7 Å². The van der Waals surface area contributed by atoms with Crippen LogP contribution in [0.3, 0.4) is 0 Å². The van der Waals surface area contributed by atoms with Crippen LogP contribution >= 0.6 is 11.3 Å². The van der Waals surface area contributed by atoms with E-state index in [4.69, 9.17) is 0 Å². The Balaban J connectivity index is 1.66. The standard InChI is InChI=1S/C19H19FN4O2S/c1-24-10-9-21-18(24)17(14-4-2-3-5-15(14)20)23-16(25)6-8-22-19(26)13-7-11-27-12-13/h2-5,7,9-12,17H,6,8H2,1H3,(H,22,26)(H,23,25)/t17-/m1/s1. The maximum atomic E-state index is 14.3. The predicted octanol–water partition coefficient (Wildman–Crippen LogP) is 2.65. The van der Waals surface area contributed by atoms with Crippen molar-refractivity contribution >= 4 is 23.2 Å². The second-order valence-electron chi connectivity index (χ2n) is 5.94. The number of rotatable bonds is 7. The minimum absolute atomic E-state index is 0.0747. The summed E-state index contributed by atoms with van der Waals surface area (Å²) < 4.78 is 16.0. The minimum Gasteiger partial charge on any atom is -0.351 e. The summed E-state index contributed by atoms with van der Waals surface area (Å²) in [5.74, 6) is -0.428. The van der Waals surface area contributed by atoms with E-state index in [0.717, 1.165) is 0 Å². The largest absolute Gasteiger partial charge is 0.351 e. The molecule has 0 fully saturated rings. The number of imidazole rings is 1. The lowest BCUT2D eigenvalue weighted by Gasteiger charge is -2.19. The van der Waals surface area contributed by atoms with Gasteiger partial charge in [-0.15, -0.1) is 0 Å². The molecule has 2 N–H and O–H groups in total. The van der Waals surface area contributed by atoms with Gasteiger partial charge in [-0.05, 0) is 17.5 Å². The van der Waals surface area contributed by atoms with Crippen molar-refractivity contribution in [2.24, 2.45) is 7.05 Å². The Kier molecular flexibility index (Phi) is 5.97. The molecular weight excluding hydrogens is 367 g/mol. The minimum atomic E-state index is -0.716. The highest BCUT2D eigenvalue weighted by molar-refractivity contribution is 7.08. The maximum Gasteiger partial charge on any atom is 0.252 e. The smallest absolute Gasteiger partial charge is 0.252 e. The molecule has 2 amide bonds. The molecule has 1 aromatic carbocycles. The van der Waals surface area contributed by atoms with Crippen LogP contribution in [-0.2, 0) is 11.8 Å². The number of nitrogens with zero attached hydrogens (tertiary/aromatic N) is 2. The Bertz CT molecular complexity index is 923. The molecule has 0 saturated heterocycles. The molecular formula is C19H19FN4O2S. The van der Waals surface area contributed by atoms with Crippen molar-refractivity contribution in [1.29, 1.82) is 0 Å². The van der Waals surface area contributed by atoms with Crippen LogP contribution in [0.2, 0.25) is 0 Å². The van der Waals surface area contributed by atoms with Gasteiger partial charge in [0, 0.05) is 48.9 Å². The van der Waals surface area contributed by atoms with Crippen molar-refractivity contribution in [2.45, 2.75) is 12.5 Å². The fourth-order valence-electron chi connectivity index (χ4n) is 2.66. The second kappa shape index (κ2) is 8.59. The summed E-state index contributed by atoms with van der Waals surface area (Å²) >= 11 is 1.43. The van der Waals surface area contributed by atoms with Gasteiger partial charge in [0.1, 0.15) is 17.7 Å². The van der Waals surface area contributed by atoms with Gasteiger partial charge >= 0.3 is 0 Å². The van der Waals surface area contributed by atoms with Gasteiger partial charge in [-0.2, -0.15) is 11.3 Å². The fraction of sp³-hybridized carbons (Fsp3) is 0.211. The van der Waals surface area contributed by atoms with E-state index in [-0.39, 0.29) is 24.8 Å². The summed E-state index contributed by atoms with van der Waals surface area (Å²) in [6, 6.07) is 7.27. The Hall–Kier alpha value is -3.00. The number of nitrogens with one attached hydrogen (secondary N) is 2. The third-order valence-corrected chi connectivity index (χ3v) is 4.74. The zero-order valence-corrected chi connectivity index (χ0v) is 15.5. The molecule has 6 nitrogen and oxygen atoms in total. The lowest BCUT2D eigenvalue weighted by molar-refractivity contribution is -0.121. The number of amides is 2. The first-order valence-electron chi connectivity index (χ1n) is 8.37. The molecule has 0 spiro atoms. The topological polar surface area (TPSA) is 76.0 Å². The van der Waals surface area contributed by atoms with Crippen LogP contribution < -0.4 is 10.6 Å². The van der Waals surface area contributed by atoms with Gasteiger partial charge in [0.15, 0.2) is 0 Å². The normalized spacial score (nSPS) is 11.8. The molecule has 3 aromatic rings. The summed E-state index contributed by atoms with van der Waals surface area (Å²) in [4.78, 5) is 28.5. The Labute approximate surface area is 160 Å². The Morgan fingerprint density at radius 2 is 2.11 bits per heavy atom. The summed E-state index contributed by atoms with van der Waals surface area (Å²) in [6.07, 6.45) is 3.40. The van der Waals surface area contributed by atoms with Gasteiger partial charge in [0.25, 0.3) is 5.91 Å². The van der Waals surface area contributed by atoms with Crippen LogP contribution in [0.15, 0.2) is 53.5 Å². The molecule has 0 aliphatic rings. The Morgan fingerprint density at radius 3 is 2.78 bits per heavy atom. The molecule has 0 bridgehead atoms. The van der Waals surface area contributed by atoms with E-state index in [1.807, 2.05) is 5.38 Å². The molecule has 0 radical (unpaired) electrons. The van der Waals surface area contributed by atoms with Gasteiger partial charge in [-0.3, -0.25) is 9.59 Å². The van der Waals surface area contributed by atoms with E-state index in [9.17, 15) is 14.0 Å². The van der Waals surface area contributed by atoms with E-state index in [0.29, 0.717) is 17.0 Å². The van der Waals surface area contributed by atoms with Gasteiger partial charge < -0.3 is 15.2 Å². The fourth-order valence-corrected chi connectivity index (χ4v) is 3.30. The number of aryl methyl sites for hydroxylation is 1. The summed E-state index contributed by atoms with van der Waals surface area (Å²) in [6.45, 7) is 0.186. The first-order valence-corrected chi connectivity index (χ1v) is 9.32. The van der Waals surface area contributed by atoms with Gasteiger partial charge in [-0.25, -0.2) is 9.37 Å². The summed E-state index contributed by atoms with van der Waals surface area (Å²) in [7, 11) is 1.78. The SMILES string of the molecule is Cn1ccnc1[C@H](NC(=O)CCNC(=O)c1ccsc1)c1ccccc1F. The Morgan fingerprint density at radius 1 is 1.30 bits per heavy atom. The summed E-state index contributed by atoms with van der Waals surface area (Å²) in [5, 5.41) is 9.07. The first kappa shape index (κ1) is 18.8. The van der Waals surface area contributed by atoms with Crippen LogP contribution in [-0.4, -0.2) is 27.9 Å². The molecule has 27 heavy (non-hydrogen) atoms. The second-order valence-corrected chi connectivity index (χ2v) is 6.72. The van der Waals surface area contributed by atoms with Crippen molar-refractivity contribution in [3.8, 4) is 0 Å². The van der Waals surface area contributed by atoms with Gasteiger partial charge in [0.2, 0.25) is 5.91 Å². The predicted molar refractivity (Wildman–Crippen MR) is 101 cm³/mol. The van der Waals surface area contributed by atoms with Crippen LogP contribution in [0.25, 0.3) is 0 Å². The number of carbonyl (C=O) groups excluding carboxylic acids is 2. The number of thiophene rings is 1. The van der Waals surface area contributed by atoms with Crippen LogP contribution in [0, 0.1) is 5.82 Å². The first-order chi connectivity index (χ1) is 13.1. The molecule has 2 heterocycles. The molecule has 0 unspecified atom stereocenters. The van der Waals surface area contributed by atoms with Gasteiger partial charge in [0.05, 0.1) is 0 Å². The van der Waals surface area contributed by atoms with Crippen LogP contribution in [0.4, 0.5) is 4.39 Å². The number of hydrogen-bond acceptors (Lipinski definition) is 4. The highest BCUT2D eigenvalue weighted by atomic mass is 32.1. The van der Waals surface area contributed by atoms with Crippen molar-refractivity contribution in [2.75, 3.05) is 6.54 Å². The van der Waals surface area contributed by atoms with Crippen LogP contribution in [0.1, 0.15) is 34.2 Å².